The number of carbonyl (C=O) groups is 1. The average molecular weight is 427 g/mol. The molecule has 2 rings (SSSR count). The van der Waals surface area contributed by atoms with Crippen LogP contribution in [0.4, 0.5) is 5.69 Å². The molecule has 0 aliphatic heterocycles. The summed E-state index contributed by atoms with van der Waals surface area (Å²) in [6.45, 7) is 2.05. The molecule has 0 spiro atoms. The first-order valence-corrected chi connectivity index (χ1v) is 8.00. The van der Waals surface area contributed by atoms with E-state index in [4.69, 9.17) is 15.7 Å². The number of methoxy groups -OCH3 is 1. The number of benzene rings is 1. The Morgan fingerprint density at radius 2 is 2.00 bits per heavy atom. The number of nitrogens with two attached hydrogens (primary N) is 1. The van der Waals surface area contributed by atoms with Crippen LogP contribution in [0.1, 0.15) is 28.5 Å². The Hall–Kier alpha value is -1.78. The van der Waals surface area contributed by atoms with Gasteiger partial charge in [-0.05, 0) is 56.0 Å². The Morgan fingerprint density at radius 3 is 2.45 bits per heavy atom. The monoisotopic (exact) mass is 425 g/mol. The van der Waals surface area contributed by atoms with Crippen LogP contribution in [0.2, 0.25) is 0 Å². The van der Waals surface area contributed by atoms with Crippen molar-refractivity contribution in [1.29, 1.82) is 5.26 Å². The van der Waals surface area contributed by atoms with E-state index in [1.165, 1.54) is 13.3 Å². The van der Waals surface area contributed by atoms with E-state index in [1.807, 2.05) is 18.2 Å². The largest absolute Gasteiger partial charge is 0.464 e. The first-order valence-electron chi connectivity index (χ1n) is 6.42. The zero-order chi connectivity index (χ0) is 16.4. The molecular formula is C15H13Br2N3O2. The van der Waals surface area contributed by atoms with Crippen molar-refractivity contribution in [3.05, 3.63) is 44.1 Å². The molecular weight excluding hydrogens is 414 g/mol. The van der Waals surface area contributed by atoms with Gasteiger partial charge in [0.2, 0.25) is 0 Å². The van der Waals surface area contributed by atoms with Gasteiger partial charge in [-0.25, -0.2) is 4.79 Å². The molecule has 22 heavy (non-hydrogen) atoms. The van der Waals surface area contributed by atoms with Crippen molar-refractivity contribution in [2.45, 2.75) is 13.3 Å². The number of hydrogen-bond acceptors (Lipinski definition) is 4. The maximum atomic E-state index is 12.0. The summed E-state index contributed by atoms with van der Waals surface area (Å²) >= 11 is 7.02. The first-order chi connectivity index (χ1) is 10.4. The van der Waals surface area contributed by atoms with Crippen molar-refractivity contribution in [1.82, 2.24) is 4.57 Å². The number of hydrogen-bond donors (Lipinski definition) is 1. The van der Waals surface area contributed by atoms with Gasteiger partial charge in [0, 0.05) is 15.1 Å². The molecule has 1 aromatic carbocycles. The van der Waals surface area contributed by atoms with Crippen molar-refractivity contribution in [2.24, 2.45) is 0 Å². The molecule has 0 unspecified atom stereocenters. The molecule has 0 fully saturated rings. The van der Waals surface area contributed by atoms with Crippen LogP contribution >= 0.6 is 31.9 Å². The second kappa shape index (κ2) is 6.55. The lowest BCUT2D eigenvalue weighted by molar-refractivity contribution is 0.0593. The van der Waals surface area contributed by atoms with E-state index < -0.39 is 5.97 Å². The summed E-state index contributed by atoms with van der Waals surface area (Å²) in [7, 11) is 1.27. The van der Waals surface area contributed by atoms with Crippen LogP contribution in [0, 0.1) is 11.3 Å². The fraction of sp³-hybridized carbons (Fsp3) is 0.200. The highest BCUT2D eigenvalue weighted by atomic mass is 79.9. The number of ether oxygens (including phenoxy) is 1. The molecule has 1 heterocycles. The van der Waals surface area contributed by atoms with E-state index in [-0.39, 0.29) is 16.9 Å². The van der Waals surface area contributed by atoms with Gasteiger partial charge in [0.15, 0.2) is 5.69 Å². The van der Waals surface area contributed by atoms with Crippen LogP contribution in [0.15, 0.2) is 27.3 Å². The van der Waals surface area contributed by atoms with E-state index in [0.29, 0.717) is 5.69 Å². The smallest absolute Gasteiger partial charge is 0.357 e. The fourth-order valence-electron chi connectivity index (χ4n) is 2.14. The summed E-state index contributed by atoms with van der Waals surface area (Å²) in [5.74, 6) is -0.600. The average Bonchev–Trinajstić information content (AvgIpc) is 2.82. The number of aryl methyl sites for hydroxylation is 1. The van der Waals surface area contributed by atoms with Crippen molar-refractivity contribution >= 4 is 43.5 Å². The van der Waals surface area contributed by atoms with Crippen molar-refractivity contribution in [3.8, 4) is 11.8 Å². The summed E-state index contributed by atoms with van der Waals surface area (Å²) in [6.07, 6.45) is 2.40. The molecule has 0 bridgehead atoms. The molecule has 0 saturated heterocycles. The van der Waals surface area contributed by atoms with Crippen LogP contribution in [-0.4, -0.2) is 17.6 Å². The lowest BCUT2D eigenvalue weighted by atomic mass is 10.1. The van der Waals surface area contributed by atoms with Crippen LogP contribution < -0.4 is 5.73 Å². The highest BCUT2D eigenvalue weighted by Crippen LogP contribution is 2.35. The quantitative estimate of drug-likeness (QED) is 0.756. The van der Waals surface area contributed by atoms with Gasteiger partial charge in [0.05, 0.1) is 24.0 Å². The third-order valence-corrected chi connectivity index (χ3v) is 4.48. The number of carbonyl (C=O) groups excluding carboxylic acids is 1. The molecule has 114 valence electrons. The van der Waals surface area contributed by atoms with Gasteiger partial charge in [-0.3, -0.25) is 0 Å². The minimum Gasteiger partial charge on any atom is -0.464 e. The summed E-state index contributed by atoms with van der Waals surface area (Å²) in [6, 6.07) is 5.91. The number of esters is 1. The number of nitriles is 1. The number of aromatic nitrogens is 1. The second-order valence-corrected chi connectivity index (χ2v) is 6.25. The van der Waals surface area contributed by atoms with E-state index in [9.17, 15) is 4.79 Å². The number of nitrogens with zero attached hydrogens (tertiary/aromatic N) is 2. The van der Waals surface area contributed by atoms with Crippen molar-refractivity contribution < 1.29 is 9.53 Å². The predicted octanol–water partition coefficient (Wildman–Crippen LogP) is 3.81. The topological polar surface area (TPSA) is 81.0 Å². The summed E-state index contributed by atoms with van der Waals surface area (Å²) < 4.78 is 7.91. The van der Waals surface area contributed by atoms with Crippen molar-refractivity contribution in [2.75, 3.05) is 12.8 Å². The van der Waals surface area contributed by atoms with Gasteiger partial charge in [0.25, 0.3) is 0 Å². The van der Waals surface area contributed by atoms with E-state index >= 15 is 0 Å². The Balaban J connectivity index is 2.79. The Bertz CT molecular complexity index is 768. The molecule has 2 aromatic rings. The van der Waals surface area contributed by atoms with Gasteiger partial charge < -0.3 is 15.0 Å². The van der Waals surface area contributed by atoms with Gasteiger partial charge >= 0.3 is 5.97 Å². The Labute approximate surface area is 144 Å². The van der Waals surface area contributed by atoms with Gasteiger partial charge in [-0.1, -0.05) is 6.92 Å². The Kier molecular flexibility index (Phi) is 4.94. The lowest BCUT2D eigenvalue weighted by Crippen LogP contribution is -2.12. The summed E-state index contributed by atoms with van der Waals surface area (Å²) in [5.41, 5.74) is 8.18. The Morgan fingerprint density at radius 1 is 1.41 bits per heavy atom. The minimum absolute atomic E-state index is 0.104. The third-order valence-electron chi connectivity index (χ3n) is 3.27. The molecule has 0 atom stereocenters. The molecule has 0 amide bonds. The second-order valence-electron chi connectivity index (χ2n) is 4.54. The van der Waals surface area contributed by atoms with Gasteiger partial charge in [-0.15, -0.1) is 0 Å². The summed E-state index contributed by atoms with van der Waals surface area (Å²) in [4.78, 5) is 12.0. The maximum Gasteiger partial charge on any atom is 0.357 e. The molecule has 0 aliphatic rings. The first kappa shape index (κ1) is 16.6. The normalized spacial score (nSPS) is 10.3. The zero-order valence-corrected chi connectivity index (χ0v) is 15.2. The third kappa shape index (κ3) is 2.76. The van der Waals surface area contributed by atoms with Crippen LogP contribution in [-0.2, 0) is 11.2 Å². The lowest BCUT2D eigenvalue weighted by Gasteiger charge is -2.14. The molecule has 5 nitrogen and oxygen atoms in total. The van der Waals surface area contributed by atoms with E-state index in [0.717, 1.165) is 20.9 Å². The highest BCUT2D eigenvalue weighted by Gasteiger charge is 2.24. The van der Waals surface area contributed by atoms with Crippen LogP contribution in [0.3, 0.4) is 0 Å². The van der Waals surface area contributed by atoms with Gasteiger partial charge in [-0.2, -0.15) is 5.26 Å². The van der Waals surface area contributed by atoms with Gasteiger partial charge in [0.1, 0.15) is 6.07 Å². The minimum atomic E-state index is -0.600. The van der Waals surface area contributed by atoms with E-state index in [2.05, 4.69) is 38.8 Å². The maximum absolute atomic E-state index is 12.0. The molecule has 0 radical (unpaired) electrons. The number of anilines is 1. The number of nitrogen functional groups attached to an aromatic ring is 1. The predicted molar refractivity (Wildman–Crippen MR) is 91.0 cm³/mol. The number of rotatable bonds is 3. The molecule has 0 aliphatic carbocycles. The summed E-state index contributed by atoms with van der Waals surface area (Å²) in [5, 5.41) is 9.16. The zero-order valence-electron chi connectivity index (χ0n) is 12.0. The standard InChI is InChI=1S/C15H13Br2N3O2/c1-3-8-4-10(16)13(11(17)5-8)20-7-9(6-18)12(19)14(20)15(21)22-2/h4-5,7H,3,19H2,1-2H3. The molecule has 7 heteroatoms. The number of halogens is 2. The molecule has 1 aromatic heterocycles. The van der Waals surface area contributed by atoms with Crippen molar-refractivity contribution in [3.63, 3.8) is 0 Å². The van der Waals surface area contributed by atoms with Crippen LogP contribution in [0.5, 0.6) is 0 Å². The molecule has 2 N–H and O–H groups in total. The molecule has 0 saturated carbocycles. The highest BCUT2D eigenvalue weighted by molar-refractivity contribution is 9.11. The van der Waals surface area contributed by atoms with Crippen LogP contribution in [0.25, 0.3) is 5.69 Å². The SMILES string of the molecule is CCc1cc(Br)c(-n2cc(C#N)c(N)c2C(=O)OC)c(Br)c1. The fourth-order valence-corrected chi connectivity index (χ4v) is 3.81. The van der Waals surface area contributed by atoms with E-state index in [1.54, 1.807) is 4.57 Å².